The summed E-state index contributed by atoms with van der Waals surface area (Å²) in [5.41, 5.74) is 3.94. The summed E-state index contributed by atoms with van der Waals surface area (Å²) < 4.78 is 2.09. The van der Waals surface area contributed by atoms with Gasteiger partial charge in [-0.15, -0.1) is 11.8 Å². The standard InChI is InChI=1S/C22H24Cl2N2S/c1-22(2,3)17-6-4-16(5-7-17)14-27-21(13-26-11-10-25-15-26)19-9-8-18(23)12-20(19)24/h4-12,15,21H,13-14H2,1-3H3. The molecule has 1 atom stereocenters. The van der Waals surface area contributed by atoms with Crippen LogP contribution < -0.4 is 0 Å². The lowest BCUT2D eigenvalue weighted by Gasteiger charge is -2.21. The van der Waals surface area contributed by atoms with E-state index in [1.54, 1.807) is 6.20 Å². The number of rotatable bonds is 6. The molecule has 142 valence electrons. The predicted molar refractivity (Wildman–Crippen MR) is 118 cm³/mol. The van der Waals surface area contributed by atoms with Gasteiger partial charge in [-0.3, -0.25) is 0 Å². The highest BCUT2D eigenvalue weighted by atomic mass is 35.5. The van der Waals surface area contributed by atoms with Gasteiger partial charge in [0.2, 0.25) is 0 Å². The largest absolute Gasteiger partial charge is 0.336 e. The predicted octanol–water partition coefficient (Wildman–Crippen LogP) is 7.16. The number of benzene rings is 2. The van der Waals surface area contributed by atoms with Crippen LogP contribution in [0.3, 0.4) is 0 Å². The molecule has 1 unspecified atom stereocenters. The van der Waals surface area contributed by atoms with Gasteiger partial charge in [-0.1, -0.05) is 74.3 Å². The number of imidazole rings is 1. The average molecular weight is 419 g/mol. The zero-order chi connectivity index (χ0) is 19.4. The molecule has 0 amide bonds. The molecule has 1 aromatic heterocycles. The molecular weight excluding hydrogens is 395 g/mol. The fourth-order valence-electron chi connectivity index (χ4n) is 2.89. The Morgan fingerprint density at radius 1 is 1.07 bits per heavy atom. The Balaban J connectivity index is 1.77. The van der Waals surface area contributed by atoms with E-state index in [1.165, 1.54) is 11.1 Å². The van der Waals surface area contributed by atoms with E-state index in [0.717, 1.165) is 17.9 Å². The SMILES string of the molecule is CC(C)(C)c1ccc(CSC(Cn2ccnc2)c2ccc(Cl)cc2Cl)cc1. The number of aromatic nitrogens is 2. The Morgan fingerprint density at radius 2 is 1.81 bits per heavy atom. The van der Waals surface area contributed by atoms with Gasteiger partial charge in [0, 0.05) is 40.0 Å². The van der Waals surface area contributed by atoms with Crippen molar-refractivity contribution < 1.29 is 0 Å². The molecule has 0 saturated heterocycles. The van der Waals surface area contributed by atoms with E-state index in [4.69, 9.17) is 23.2 Å². The van der Waals surface area contributed by atoms with E-state index in [2.05, 4.69) is 54.6 Å². The van der Waals surface area contributed by atoms with Crippen LogP contribution in [0, 0.1) is 0 Å². The summed E-state index contributed by atoms with van der Waals surface area (Å²) in [4.78, 5) is 4.16. The molecule has 1 heterocycles. The van der Waals surface area contributed by atoms with Gasteiger partial charge < -0.3 is 4.57 Å². The summed E-state index contributed by atoms with van der Waals surface area (Å²) in [6, 6.07) is 14.7. The molecule has 5 heteroatoms. The molecule has 2 nitrogen and oxygen atoms in total. The van der Waals surface area contributed by atoms with Gasteiger partial charge in [0.1, 0.15) is 0 Å². The highest BCUT2D eigenvalue weighted by Gasteiger charge is 2.17. The molecule has 0 N–H and O–H groups in total. The van der Waals surface area contributed by atoms with Crippen LogP contribution in [-0.2, 0) is 17.7 Å². The van der Waals surface area contributed by atoms with Crippen LogP contribution >= 0.6 is 35.0 Å². The van der Waals surface area contributed by atoms with Gasteiger partial charge in [0.25, 0.3) is 0 Å². The lowest BCUT2D eigenvalue weighted by molar-refractivity contribution is 0.590. The van der Waals surface area contributed by atoms with Crippen molar-refractivity contribution in [2.24, 2.45) is 0 Å². The summed E-state index contributed by atoms with van der Waals surface area (Å²) in [6.07, 6.45) is 5.63. The fourth-order valence-corrected chi connectivity index (χ4v) is 4.74. The maximum atomic E-state index is 6.49. The van der Waals surface area contributed by atoms with Crippen molar-refractivity contribution in [1.29, 1.82) is 0 Å². The Hall–Kier alpha value is -1.42. The van der Waals surface area contributed by atoms with Gasteiger partial charge in [-0.2, -0.15) is 0 Å². The quantitative estimate of drug-likeness (QED) is 0.422. The zero-order valence-electron chi connectivity index (χ0n) is 15.8. The van der Waals surface area contributed by atoms with Crippen molar-refractivity contribution in [3.63, 3.8) is 0 Å². The number of hydrogen-bond acceptors (Lipinski definition) is 2. The van der Waals surface area contributed by atoms with Crippen molar-refractivity contribution in [3.8, 4) is 0 Å². The molecule has 27 heavy (non-hydrogen) atoms. The Bertz CT molecular complexity index is 868. The molecule has 0 aliphatic carbocycles. The number of halogens is 2. The second kappa shape index (κ2) is 8.72. The first-order valence-electron chi connectivity index (χ1n) is 8.94. The minimum Gasteiger partial charge on any atom is -0.336 e. The normalized spacial score (nSPS) is 12.9. The van der Waals surface area contributed by atoms with Crippen molar-refractivity contribution in [3.05, 3.63) is 87.9 Å². The molecule has 0 bridgehead atoms. The van der Waals surface area contributed by atoms with E-state index in [1.807, 2.05) is 42.5 Å². The van der Waals surface area contributed by atoms with Crippen molar-refractivity contribution in [1.82, 2.24) is 9.55 Å². The summed E-state index contributed by atoms with van der Waals surface area (Å²) in [5, 5.41) is 1.59. The van der Waals surface area contributed by atoms with Gasteiger partial charge in [0.05, 0.1) is 6.33 Å². The van der Waals surface area contributed by atoms with E-state index < -0.39 is 0 Å². The monoisotopic (exact) mass is 418 g/mol. The van der Waals surface area contributed by atoms with Gasteiger partial charge in [-0.25, -0.2) is 4.98 Å². The van der Waals surface area contributed by atoms with E-state index in [0.29, 0.717) is 10.0 Å². The van der Waals surface area contributed by atoms with Crippen LogP contribution in [0.4, 0.5) is 0 Å². The smallest absolute Gasteiger partial charge is 0.0946 e. The Kier molecular flexibility index (Phi) is 6.56. The van der Waals surface area contributed by atoms with Gasteiger partial charge in [-0.05, 0) is 34.2 Å². The van der Waals surface area contributed by atoms with Crippen LogP contribution in [0.25, 0.3) is 0 Å². The molecule has 3 rings (SSSR count). The summed E-state index contributed by atoms with van der Waals surface area (Å²) >= 11 is 14.5. The van der Waals surface area contributed by atoms with Crippen LogP contribution in [0.2, 0.25) is 10.0 Å². The first-order chi connectivity index (χ1) is 12.8. The molecule has 0 aliphatic heterocycles. The molecule has 0 fully saturated rings. The summed E-state index contributed by atoms with van der Waals surface area (Å²) in [5.74, 6) is 0.919. The van der Waals surface area contributed by atoms with Crippen LogP contribution in [0.15, 0.2) is 61.2 Å². The third-order valence-electron chi connectivity index (χ3n) is 4.52. The number of thioether (sulfide) groups is 1. The lowest BCUT2D eigenvalue weighted by Crippen LogP contribution is -2.10. The first-order valence-corrected chi connectivity index (χ1v) is 10.7. The third kappa shape index (κ3) is 5.54. The van der Waals surface area contributed by atoms with Gasteiger partial charge in [0.15, 0.2) is 0 Å². The second-order valence-corrected chi connectivity index (χ2v) is 9.71. The van der Waals surface area contributed by atoms with E-state index in [-0.39, 0.29) is 10.7 Å². The van der Waals surface area contributed by atoms with Crippen LogP contribution in [-0.4, -0.2) is 9.55 Å². The number of hydrogen-bond donors (Lipinski definition) is 0. The maximum Gasteiger partial charge on any atom is 0.0946 e. The molecule has 0 saturated carbocycles. The lowest BCUT2D eigenvalue weighted by atomic mass is 9.87. The van der Waals surface area contributed by atoms with Crippen molar-refractivity contribution in [2.45, 2.75) is 43.7 Å². The van der Waals surface area contributed by atoms with E-state index >= 15 is 0 Å². The third-order valence-corrected chi connectivity index (χ3v) is 6.38. The molecule has 3 aromatic rings. The van der Waals surface area contributed by atoms with Gasteiger partial charge >= 0.3 is 0 Å². The average Bonchev–Trinajstić information content (AvgIpc) is 3.12. The topological polar surface area (TPSA) is 17.8 Å². The highest BCUT2D eigenvalue weighted by molar-refractivity contribution is 7.98. The maximum absolute atomic E-state index is 6.49. The Labute approximate surface area is 175 Å². The fraction of sp³-hybridized carbons (Fsp3) is 0.318. The van der Waals surface area contributed by atoms with Crippen LogP contribution in [0.1, 0.15) is 42.7 Å². The molecule has 0 spiro atoms. The molecule has 0 aliphatic rings. The minimum absolute atomic E-state index is 0.173. The summed E-state index contributed by atoms with van der Waals surface area (Å²) in [6.45, 7) is 7.52. The highest BCUT2D eigenvalue weighted by Crippen LogP contribution is 2.38. The second-order valence-electron chi connectivity index (χ2n) is 7.67. The van der Waals surface area contributed by atoms with E-state index in [9.17, 15) is 0 Å². The first kappa shape index (κ1) is 20.3. The molecule has 0 radical (unpaired) electrons. The minimum atomic E-state index is 0.173. The zero-order valence-corrected chi connectivity index (χ0v) is 18.2. The van der Waals surface area contributed by atoms with Crippen molar-refractivity contribution in [2.75, 3.05) is 0 Å². The molecule has 2 aromatic carbocycles. The Morgan fingerprint density at radius 3 is 2.41 bits per heavy atom. The molecular formula is C22H24Cl2N2S. The summed E-state index contributed by atoms with van der Waals surface area (Å²) in [7, 11) is 0. The number of nitrogens with zero attached hydrogens (tertiary/aromatic N) is 2. The van der Waals surface area contributed by atoms with Crippen molar-refractivity contribution >= 4 is 35.0 Å². The van der Waals surface area contributed by atoms with Crippen LogP contribution in [0.5, 0.6) is 0 Å².